The number of pyridine rings is 1. The summed E-state index contributed by atoms with van der Waals surface area (Å²) < 4.78 is 2.85. The van der Waals surface area contributed by atoms with Crippen LogP contribution >= 0.6 is 15.9 Å². The SMILES string of the molecule is CN(C(=O)c1ccc2nc(N)c3cnn(C)c3c2c1)[C@H]1CCc2cc(Br)ccc21. The normalized spacial score (nSPS) is 15.8. The molecule has 0 bridgehead atoms. The molecule has 2 N–H and O–H groups in total. The van der Waals surface area contributed by atoms with Crippen molar-refractivity contribution >= 4 is 49.5 Å². The third-order valence-corrected chi connectivity index (χ3v) is 6.39. The van der Waals surface area contributed by atoms with Crippen molar-refractivity contribution in [3.8, 4) is 0 Å². The Bertz CT molecular complexity index is 1300. The number of amides is 1. The molecule has 146 valence electrons. The van der Waals surface area contributed by atoms with Crippen molar-refractivity contribution in [3.63, 3.8) is 0 Å². The van der Waals surface area contributed by atoms with E-state index in [1.54, 1.807) is 10.9 Å². The standard InChI is InChI=1S/C22H20BrN5O/c1-27(19-8-4-12-9-14(23)5-6-15(12)19)22(29)13-3-7-18-16(10-13)20-17(21(24)26-18)11-25-28(20)2/h3,5-7,9-11,19H,4,8H2,1-2H3,(H2,24,26)/t19-/m0/s1. The number of anilines is 1. The highest BCUT2D eigenvalue weighted by Gasteiger charge is 2.29. The summed E-state index contributed by atoms with van der Waals surface area (Å²) in [6.45, 7) is 0. The fraction of sp³-hybridized carbons (Fsp3) is 0.227. The van der Waals surface area contributed by atoms with Crippen LogP contribution in [0.25, 0.3) is 21.8 Å². The number of rotatable bonds is 2. The second-order valence-electron chi connectivity index (χ2n) is 7.57. The predicted molar refractivity (Wildman–Crippen MR) is 118 cm³/mol. The molecule has 5 rings (SSSR count). The Morgan fingerprint density at radius 1 is 1.24 bits per heavy atom. The number of aromatic nitrogens is 3. The first-order chi connectivity index (χ1) is 13.9. The highest BCUT2D eigenvalue weighted by Crippen LogP contribution is 2.37. The van der Waals surface area contributed by atoms with Crippen LogP contribution in [-0.4, -0.2) is 32.6 Å². The van der Waals surface area contributed by atoms with E-state index in [9.17, 15) is 4.79 Å². The zero-order valence-corrected chi connectivity index (χ0v) is 17.8. The van der Waals surface area contributed by atoms with Crippen LogP contribution in [-0.2, 0) is 13.5 Å². The topological polar surface area (TPSA) is 77.0 Å². The van der Waals surface area contributed by atoms with Crippen molar-refractivity contribution in [2.45, 2.75) is 18.9 Å². The number of carbonyl (C=O) groups is 1. The van der Waals surface area contributed by atoms with Crippen LogP contribution in [0.1, 0.15) is 33.9 Å². The van der Waals surface area contributed by atoms with E-state index in [0.29, 0.717) is 11.4 Å². The Hall–Kier alpha value is -2.93. The van der Waals surface area contributed by atoms with Crippen molar-refractivity contribution in [3.05, 3.63) is 63.8 Å². The van der Waals surface area contributed by atoms with Crippen LogP contribution in [0.3, 0.4) is 0 Å². The summed E-state index contributed by atoms with van der Waals surface area (Å²) in [7, 11) is 3.75. The first-order valence-electron chi connectivity index (χ1n) is 9.50. The lowest BCUT2D eigenvalue weighted by Crippen LogP contribution is -2.30. The van der Waals surface area contributed by atoms with Gasteiger partial charge in [0.05, 0.1) is 28.7 Å². The molecule has 1 aliphatic carbocycles. The zero-order chi connectivity index (χ0) is 20.3. The molecule has 0 radical (unpaired) electrons. The van der Waals surface area contributed by atoms with E-state index in [1.165, 1.54) is 11.1 Å². The number of hydrogen-bond donors (Lipinski definition) is 1. The fourth-order valence-corrected chi connectivity index (χ4v) is 4.81. The molecule has 0 fully saturated rings. The number of aryl methyl sites for hydroxylation is 2. The molecule has 29 heavy (non-hydrogen) atoms. The molecule has 2 heterocycles. The lowest BCUT2D eigenvalue weighted by atomic mass is 10.0. The lowest BCUT2D eigenvalue weighted by molar-refractivity contribution is 0.0731. The quantitative estimate of drug-likeness (QED) is 0.496. The van der Waals surface area contributed by atoms with Gasteiger partial charge in [0.25, 0.3) is 5.91 Å². The fourth-order valence-electron chi connectivity index (χ4n) is 4.40. The van der Waals surface area contributed by atoms with E-state index in [2.05, 4.69) is 38.1 Å². The number of halogens is 1. The molecule has 4 aromatic rings. The van der Waals surface area contributed by atoms with E-state index < -0.39 is 0 Å². The van der Waals surface area contributed by atoms with Gasteiger partial charge in [-0.1, -0.05) is 22.0 Å². The number of fused-ring (bicyclic) bond motifs is 4. The minimum Gasteiger partial charge on any atom is -0.383 e. The summed E-state index contributed by atoms with van der Waals surface area (Å²) in [6, 6.07) is 12.0. The number of nitrogens with two attached hydrogens (primary N) is 1. The molecule has 0 unspecified atom stereocenters. The Labute approximate surface area is 176 Å². The van der Waals surface area contributed by atoms with Gasteiger partial charge in [0.15, 0.2) is 0 Å². The minimum atomic E-state index is -0.000174. The number of nitrogen functional groups attached to an aromatic ring is 1. The monoisotopic (exact) mass is 449 g/mol. The van der Waals surface area contributed by atoms with Crippen LogP contribution in [0, 0.1) is 0 Å². The van der Waals surface area contributed by atoms with Crippen LogP contribution in [0.4, 0.5) is 5.82 Å². The molecule has 1 atom stereocenters. The minimum absolute atomic E-state index is 0.000174. The summed E-state index contributed by atoms with van der Waals surface area (Å²) in [6.07, 6.45) is 3.63. The lowest BCUT2D eigenvalue weighted by Gasteiger charge is -2.26. The highest BCUT2D eigenvalue weighted by molar-refractivity contribution is 9.10. The summed E-state index contributed by atoms with van der Waals surface area (Å²) in [5.41, 5.74) is 10.9. The molecule has 2 aromatic heterocycles. The van der Waals surface area contributed by atoms with Crippen LogP contribution in [0.2, 0.25) is 0 Å². The Kier molecular flexibility index (Phi) is 4.10. The summed E-state index contributed by atoms with van der Waals surface area (Å²) in [5, 5.41) is 5.99. The highest BCUT2D eigenvalue weighted by atomic mass is 79.9. The Morgan fingerprint density at radius 2 is 2.07 bits per heavy atom. The third-order valence-electron chi connectivity index (χ3n) is 5.89. The first-order valence-corrected chi connectivity index (χ1v) is 10.3. The average Bonchev–Trinajstić information content (AvgIpc) is 3.30. The van der Waals surface area contributed by atoms with Gasteiger partial charge in [-0.05, 0) is 54.3 Å². The summed E-state index contributed by atoms with van der Waals surface area (Å²) >= 11 is 3.54. The van der Waals surface area contributed by atoms with Gasteiger partial charge < -0.3 is 10.6 Å². The van der Waals surface area contributed by atoms with Crippen molar-refractivity contribution < 1.29 is 4.79 Å². The van der Waals surface area contributed by atoms with E-state index >= 15 is 0 Å². The maximum absolute atomic E-state index is 13.3. The molecule has 7 heteroatoms. The van der Waals surface area contributed by atoms with Gasteiger partial charge in [-0.15, -0.1) is 0 Å². The Morgan fingerprint density at radius 3 is 2.90 bits per heavy atom. The van der Waals surface area contributed by atoms with E-state index in [-0.39, 0.29) is 11.9 Å². The molecule has 0 saturated carbocycles. The molecule has 0 aliphatic heterocycles. The molecule has 2 aromatic carbocycles. The molecule has 1 aliphatic rings. The molecule has 0 spiro atoms. The van der Waals surface area contributed by atoms with Crippen molar-refractivity contribution in [1.29, 1.82) is 0 Å². The second-order valence-corrected chi connectivity index (χ2v) is 8.49. The molecule has 0 saturated heterocycles. The van der Waals surface area contributed by atoms with Gasteiger partial charge >= 0.3 is 0 Å². The largest absolute Gasteiger partial charge is 0.383 e. The van der Waals surface area contributed by atoms with E-state index in [4.69, 9.17) is 5.73 Å². The van der Waals surface area contributed by atoms with Crippen LogP contribution in [0.15, 0.2) is 47.1 Å². The van der Waals surface area contributed by atoms with Crippen molar-refractivity contribution in [2.24, 2.45) is 7.05 Å². The van der Waals surface area contributed by atoms with Crippen LogP contribution < -0.4 is 5.73 Å². The van der Waals surface area contributed by atoms with Crippen molar-refractivity contribution in [2.75, 3.05) is 12.8 Å². The van der Waals surface area contributed by atoms with Crippen molar-refractivity contribution in [1.82, 2.24) is 19.7 Å². The van der Waals surface area contributed by atoms with Gasteiger partial charge in [0.1, 0.15) is 5.82 Å². The second kappa shape index (κ2) is 6.56. The first kappa shape index (κ1) is 18.1. The van der Waals surface area contributed by atoms with Crippen LogP contribution in [0.5, 0.6) is 0 Å². The molecule has 6 nitrogen and oxygen atoms in total. The molecular weight excluding hydrogens is 430 g/mol. The Balaban J connectivity index is 1.56. The number of benzene rings is 2. The zero-order valence-electron chi connectivity index (χ0n) is 16.2. The number of hydrogen-bond acceptors (Lipinski definition) is 4. The summed E-state index contributed by atoms with van der Waals surface area (Å²) in [5.74, 6) is 0.449. The molecular formula is C22H20BrN5O. The smallest absolute Gasteiger partial charge is 0.254 e. The number of nitrogens with zero attached hydrogens (tertiary/aromatic N) is 4. The molecule has 1 amide bonds. The maximum atomic E-state index is 13.3. The van der Waals surface area contributed by atoms with Gasteiger partial charge in [0.2, 0.25) is 0 Å². The van der Waals surface area contributed by atoms with E-state index in [0.717, 1.165) is 39.1 Å². The average molecular weight is 450 g/mol. The maximum Gasteiger partial charge on any atom is 0.254 e. The van der Waals surface area contributed by atoms with E-state index in [1.807, 2.05) is 43.3 Å². The van der Waals surface area contributed by atoms with Gasteiger partial charge in [-0.3, -0.25) is 9.48 Å². The van der Waals surface area contributed by atoms with Gasteiger partial charge in [-0.2, -0.15) is 5.10 Å². The third kappa shape index (κ3) is 2.80. The predicted octanol–water partition coefficient (Wildman–Crippen LogP) is 4.23. The summed E-state index contributed by atoms with van der Waals surface area (Å²) in [4.78, 5) is 19.7. The number of carbonyl (C=O) groups excluding carboxylic acids is 1. The van der Waals surface area contributed by atoms with Gasteiger partial charge in [0, 0.05) is 29.5 Å². The van der Waals surface area contributed by atoms with Gasteiger partial charge in [-0.25, -0.2) is 4.98 Å².